The van der Waals surface area contributed by atoms with Crippen LogP contribution in [0.25, 0.3) is 0 Å². The molecule has 0 bridgehead atoms. The maximum absolute atomic E-state index is 12.9. The van der Waals surface area contributed by atoms with Gasteiger partial charge in [-0.05, 0) is 31.1 Å². The fourth-order valence-corrected chi connectivity index (χ4v) is 9.73. The molecule has 0 aliphatic rings. The molecule has 0 fully saturated rings. The summed E-state index contributed by atoms with van der Waals surface area (Å²) >= 11 is 0. The predicted octanol–water partition coefficient (Wildman–Crippen LogP) is 20.8. The Morgan fingerprint density at radius 1 is 0.304 bits per heavy atom. The standard InChI is InChI=1S/C63H122O6/c1-6-8-9-10-11-12-13-21-28-33-38-43-48-53-61(64)67-56-60(57-68-62(65)54-49-44-39-34-29-25-20-22-26-31-36-41-46-51-58(3)4)69-63(66)55-50-45-40-35-30-24-19-17-15-14-16-18-23-27-32-37-42-47-52-59(5)7-2/h58-60H,6-57H2,1-5H3/t59?,60-/m1/s1. The molecule has 0 saturated heterocycles. The second kappa shape index (κ2) is 55.7. The van der Waals surface area contributed by atoms with E-state index in [1.54, 1.807) is 0 Å². The molecule has 0 spiro atoms. The minimum Gasteiger partial charge on any atom is -0.462 e. The number of carbonyl (C=O) groups excluding carboxylic acids is 3. The average Bonchev–Trinajstić information content (AvgIpc) is 3.34. The van der Waals surface area contributed by atoms with Gasteiger partial charge in [0.1, 0.15) is 13.2 Å². The zero-order valence-electron chi connectivity index (χ0n) is 47.5. The molecule has 0 saturated carbocycles. The quantitative estimate of drug-likeness (QED) is 0.0343. The first-order chi connectivity index (χ1) is 33.8. The fraction of sp³-hybridized carbons (Fsp3) is 0.952. The Bertz CT molecular complexity index is 1060. The summed E-state index contributed by atoms with van der Waals surface area (Å²) in [5.74, 6) is 0.915. The summed E-state index contributed by atoms with van der Waals surface area (Å²) in [5.41, 5.74) is 0. The van der Waals surface area contributed by atoms with Crippen LogP contribution in [0, 0.1) is 11.8 Å². The highest BCUT2D eigenvalue weighted by molar-refractivity contribution is 5.71. The molecule has 0 aromatic carbocycles. The second-order valence-corrected chi connectivity index (χ2v) is 22.4. The molecule has 0 aromatic rings. The van der Waals surface area contributed by atoms with Crippen molar-refractivity contribution in [1.82, 2.24) is 0 Å². The van der Waals surface area contributed by atoms with E-state index >= 15 is 0 Å². The lowest BCUT2D eigenvalue weighted by molar-refractivity contribution is -0.167. The third kappa shape index (κ3) is 55.6. The maximum Gasteiger partial charge on any atom is 0.306 e. The first-order valence-corrected chi connectivity index (χ1v) is 31.3. The monoisotopic (exact) mass is 975 g/mol. The SMILES string of the molecule is CCCCCCCCCCCCCCCC(=O)OC[C@H](COC(=O)CCCCCCCCCCCCCCCC(C)C)OC(=O)CCCCCCCCCCCCCCCCCCCCC(C)CC. The van der Waals surface area contributed by atoms with Gasteiger partial charge >= 0.3 is 17.9 Å². The molecule has 0 heterocycles. The third-order valence-electron chi connectivity index (χ3n) is 14.8. The zero-order chi connectivity index (χ0) is 50.4. The van der Waals surface area contributed by atoms with Gasteiger partial charge in [-0.1, -0.05) is 317 Å². The molecule has 0 rings (SSSR count). The molecular formula is C63H122O6. The zero-order valence-corrected chi connectivity index (χ0v) is 47.5. The van der Waals surface area contributed by atoms with E-state index in [-0.39, 0.29) is 31.1 Å². The number of rotatable bonds is 57. The molecule has 2 atom stereocenters. The van der Waals surface area contributed by atoms with E-state index in [9.17, 15) is 14.4 Å². The Labute approximate surface area is 431 Å². The lowest BCUT2D eigenvalue weighted by Crippen LogP contribution is -2.30. The summed E-state index contributed by atoms with van der Waals surface area (Å²) in [4.78, 5) is 38.2. The Hall–Kier alpha value is -1.59. The highest BCUT2D eigenvalue weighted by Gasteiger charge is 2.19. The number of hydrogen-bond donors (Lipinski definition) is 0. The molecular weight excluding hydrogens is 853 g/mol. The lowest BCUT2D eigenvalue weighted by atomic mass is 9.99. The van der Waals surface area contributed by atoms with Gasteiger partial charge in [0.15, 0.2) is 6.10 Å². The van der Waals surface area contributed by atoms with Crippen LogP contribution in [0.3, 0.4) is 0 Å². The van der Waals surface area contributed by atoms with E-state index in [1.807, 2.05) is 0 Å². The summed E-state index contributed by atoms with van der Waals surface area (Å²) in [6, 6.07) is 0. The van der Waals surface area contributed by atoms with Gasteiger partial charge in [-0.25, -0.2) is 0 Å². The van der Waals surface area contributed by atoms with Crippen molar-refractivity contribution >= 4 is 17.9 Å². The summed E-state index contributed by atoms with van der Waals surface area (Å²) in [5, 5.41) is 0. The van der Waals surface area contributed by atoms with Gasteiger partial charge in [0.2, 0.25) is 0 Å². The number of unbranched alkanes of at least 4 members (excludes halogenated alkanes) is 41. The van der Waals surface area contributed by atoms with Crippen molar-refractivity contribution in [2.75, 3.05) is 13.2 Å². The third-order valence-corrected chi connectivity index (χ3v) is 14.8. The molecule has 410 valence electrons. The smallest absolute Gasteiger partial charge is 0.306 e. The largest absolute Gasteiger partial charge is 0.462 e. The molecule has 6 nitrogen and oxygen atoms in total. The molecule has 0 N–H and O–H groups in total. The number of esters is 3. The Balaban J connectivity index is 4.25. The van der Waals surface area contributed by atoms with Gasteiger partial charge in [-0.15, -0.1) is 0 Å². The number of ether oxygens (including phenoxy) is 3. The van der Waals surface area contributed by atoms with E-state index in [0.29, 0.717) is 19.3 Å². The minimum atomic E-state index is -0.763. The van der Waals surface area contributed by atoms with Gasteiger partial charge in [-0.3, -0.25) is 14.4 Å². The average molecular weight is 976 g/mol. The first-order valence-electron chi connectivity index (χ1n) is 31.3. The van der Waals surface area contributed by atoms with Crippen molar-refractivity contribution in [3.8, 4) is 0 Å². The molecule has 6 heteroatoms. The van der Waals surface area contributed by atoms with Crippen LogP contribution in [0.5, 0.6) is 0 Å². The molecule has 1 unspecified atom stereocenters. The van der Waals surface area contributed by atoms with Crippen LogP contribution >= 0.6 is 0 Å². The van der Waals surface area contributed by atoms with Crippen molar-refractivity contribution in [2.45, 2.75) is 362 Å². The van der Waals surface area contributed by atoms with E-state index in [4.69, 9.17) is 14.2 Å². The van der Waals surface area contributed by atoms with Crippen molar-refractivity contribution in [1.29, 1.82) is 0 Å². The van der Waals surface area contributed by atoms with Crippen molar-refractivity contribution in [2.24, 2.45) is 11.8 Å². The van der Waals surface area contributed by atoms with E-state index in [2.05, 4.69) is 34.6 Å². The molecule has 69 heavy (non-hydrogen) atoms. The van der Waals surface area contributed by atoms with Crippen LogP contribution in [-0.2, 0) is 28.6 Å². The predicted molar refractivity (Wildman–Crippen MR) is 298 cm³/mol. The van der Waals surface area contributed by atoms with Gasteiger partial charge in [0.25, 0.3) is 0 Å². The van der Waals surface area contributed by atoms with Crippen molar-refractivity contribution in [3.63, 3.8) is 0 Å². The topological polar surface area (TPSA) is 78.9 Å². The molecule has 0 aliphatic carbocycles. The maximum atomic E-state index is 12.9. The second-order valence-electron chi connectivity index (χ2n) is 22.4. The normalized spacial score (nSPS) is 12.4. The highest BCUT2D eigenvalue weighted by atomic mass is 16.6. The van der Waals surface area contributed by atoms with Gasteiger partial charge in [-0.2, -0.15) is 0 Å². The van der Waals surface area contributed by atoms with Crippen LogP contribution in [-0.4, -0.2) is 37.2 Å². The minimum absolute atomic E-state index is 0.0621. The van der Waals surface area contributed by atoms with Crippen LogP contribution in [0.2, 0.25) is 0 Å². The Morgan fingerprint density at radius 2 is 0.551 bits per heavy atom. The van der Waals surface area contributed by atoms with E-state index < -0.39 is 6.10 Å². The van der Waals surface area contributed by atoms with Crippen LogP contribution in [0.1, 0.15) is 356 Å². The first kappa shape index (κ1) is 67.4. The van der Waals surface area contributed by atoms with E-state index in [0.717, 1.165) is 69.6 Å². The van der Waals surface area contributed by atoms with Gasteiger partial charge in [0, 0.05) is 19.3 Å². The molecule has 0 aromatic heterocycles. The highest BCUT2D eigenvalue weighted by Crippen LogP contribution is 2.19. The lowest BCUT2D eigenvalue weighted by Gasteiger charge is -2.18. The van der Waals surface area contributed by atoms with Crippen LogP contribution in [0.15, 0.2) is 0 Å². The summed E-state index contributed by atoms with van der Waals surface area (Å²) < 4.78 is 16.9. The van der Waals surface area contributed by atoms with Crippen molar-refractivity contribution < 1.29 is 28.6 Å². The summed E-state index contributed by atoms with van der Waals surface area (Å²) in [6.07, 6.45) is 60.9. The van der Waals surface area contributed by atoms with Crippen LogP contribution in [0.4, 0.5) is 0 Å². The van der Waals surface area contributed by atoms with Crippen LogP contribution < -0.4 is 0 Å². The van der Waals surface area contributed by atoms with Gasteiger partial charge in [0.05, 0.1) is 0 Å². The van der Waals surface area contributed by atoms with Gasteiger partial charge < -0.3 is 14.2 Å². The molecule has 0 amide bonds. The number of hydrogen-bond acceptors (Lipinski definition) is 6. The summed E-state index contributed by atoms with van der Waals surface area (Å²) in [7, 11) is 0. The Kier molecular flexibility index (Phi) is 54.4. The number of carbonyl (C=O) groups is 3. The fourth-order valence-electron chi connectivity index (χ4n) is 9.73. The Morgan fingerprint density at radius 3 is 0.826 bits per heavy atom. The molecule has 0 radical (unpaired) electrons. The van der Waals surface area contributed by atoms with E-state index in [1.165, 1.54) is 244 Å². The summed E-state index contributed by atoms with van der Waals surface area (Å²) in [6.45, 7) is 11.5. The molecule has 0 aliphatic heterocycles. The van der Waals surface area contributed by atoms with Crippen molar-refractivity contribution in [3.05, 3.63) is 0 Å².